The Kier molecular flexibility index (Phi) is 6.36. The monoisotopic (exact) mass is 484 g/mol. The van der Waals surface area contributed by atoms with Crippen LogP contribution in [0.15, 0.2) is 23.8 Å². The second kappa shape index (κ2) is 8.95. The fourth-order valence-corrected chi connectivity index (χ4v) is 8.75. The number of allylic oxidation sites excluding steroid dienone is 4. The molecule has 0 aromatic heterocycles. The van der Waals surface area contributed by atoms with E-state index in [-0.39, 0.29) is 34.9 Å². The number of aliphatic hydroxyl groups is 2. The number of hydrogen-bond acceptors (Lipinski definition) is 6. The minimum absolute atomic E-state index is 0.00434. The molecule has 0 radical (unpaired) electrons. The summed E-state index contributed by atoms with van der Waals surface area (Å²) in [5.41, 5.74) is -1.67. The molecule has 0 amide bonds. The van der Waals surface area contributed by atoms with Gasteiger partial charge in [0.1, 0.15) is 5.60 Å². The molecule has 4 fully saturated rings. The maximum atomic E-state index is 13.3. The largest absolute Gasteiger partial charge is 0.458 e. The molecule has 0 bridgehead atoms. The summed E-state index contributed by atoms with van der Waals surface area (Å²) < 4.78 is 5.34. The van der Waals surface area contributed by atoms with Gasteiger partial charge in [0.25, 0.3) is 0 Å². The number of hydrogen-bond donors (Lipinski definition) is 2. The van der Waals surface area contributed by atoms with Crippen LogP contribution >= 0.6 is 0 Å². The number of Topliss-reactive ketones (excluding diaryl/α,β-unsaturated/α-hetero) is 1. The molecule has 35 heavy (non-hydrogen) atoms. The van der Waals surface area contributed by atoms with Gasteiger partial charge < -0.3 is 14.9 Å². The molecule has 0 aromatic rings. The van der Waals surface area contributed by atoms with E-state index in [4.69, 9.17) is 4.74 Å². The lowest BCUT2D eigenvalue weighted by Crippen LogP contribution is -2.61. The first kappa shape index (κ1) is 24.9. The summed E-state index contributed by atoms with van der Waals surface area (Å²) in [6, 6.07) is 0. The average Bonchev–Trinajstić information content (AvgIpc) is 3.43. The molecule has 0 aliphatic heterocycles. The topological polar surface area (TPSA) is 101 Å². The van der Waals surface area contributed by atoms with Crippen molar-refractivity contribution in [2.24, 2.45) is 34.5 Å². The fraction of sp³-hybridized carbons (Fsp3) is 0.759. The van der Waals surface area contributed by atoms with E-state index < -0.39 is 29.5 Å². The molecule has 6 nitrogen and oxygen atoms in total. The van der Waals surface area contributed by atoms with E-state index in [0.717, 1.165) is 24.8 Å². The Morgan fingerprint density at radius 2 is 1.89 bits per heavy atom. The zero-order valence-electron chi connectivity index (χ0n) is 21.1. The molecule has 5 rings (SSSR count). The van der Waals surface area contributed by atoms with Crippen LogP contribution in [0, 0.1) is 34.5 Å². The average molecular weight is 485 g/mol. The third kappa shape index (κ3) is 3.96. The molecule has 0 aromatic carbocycles. The number of fused-ring (bicyclic) bond motifs is 5. The van der Waals surface area contributed by atoms with Crippen molar-refractivity contribution in [3.05, 3.63) is 23.8 Å². The molecule has 7 atom stereocenters. The van der Waals surface area contributed by atoms with Crippen molar-refractivity contribution in [3.63, 3.8) is 0 Å². The normalized spacial score (nSPS) is 42.7. The van der Waals surface area contributed by atoms with Crippen LogP contribution < -0.4 is 0 Å². The van der Waals surface area contributed by atoms with Gasteiger partial charge in [0.05, 0.1) is 6.10 Å². The lowest BCUT2D eigenvalue weighted by molar-refractivity contribution is -0.181. The SMILES string of the molecule is C[C@]12C=CC(=O)C=C1CC[C@@H]1[C@@H]2[C@@H](O)C[C@@]2(C)[C@H]1CC[C@]2(O)C(=O)COC(=O)CCC1CCCC1. The number of ketones is 2. The Hall–Kier alpha value is -1.79. The molecule has 0 unspecified atom stereocenters. The van der Waals surface area contributed by atoms with Crippen molar-refractivity contribution >= 4 is 17.5 Å². The number of esters is 1. The summed E-state index contributed by atoms with van der Waals surface area (Å²) in [7, 11) is 0. The predicted molar refractivity (Wildman–Crippen MR) is 130 cm³/mol. The van der Waals surface area contributed by atoms with E-state index in [1.54, 1.807) is 12.2 Å². The maximum Gasteiger partial charge on any atom is 0.306 e. The van der Waals surface area contributed by atoms with Gasteiger partial charge in [-0.25, -0.2) is 0 Å². The van der Waals surface area contributed by atoms with Gasteiger partial charge in [0, 0.05) is 23.2 Å². The Balaban J connectivity index is 1.28. The lowest BCUT2D eigenvalue weighted by Gasteiger charge is -2.59. The predicted octanol–water partition coefficient (Wildman–Crippen LogP) is 4.08. The summed E-state index contributed by atoms with van der Waals surface area (Å²) in [5.74, 6) is -0.0191. The smallest absolute Gasteiger partial charge is 0.306 e. The van der Waals surface area contributed by atoms with Gasteiger partial charge in [0.2, 0.25) is 5.78 Å². The third-order valence-electron chi connectivity index (χ3n) is 10.7. The highest BCUT2D eigenvalue weighted by Gasteiger charge is 2.68. The van der Waals surface area contributed by atoms with E-state index >= 15 is 0 Å². The molecule has 2 N–H and O–H groups in total. The number of rotatable bonds is 6. The van der Waals surface area contributed by atoms with E-state index in [9.17, 15) is 24.6 Å². The van der Waals surface area contributed by atoms with Crippen LogP contribution in [0.1, 0.15) is 84.5 Å². The molecule has 6 heteroatoms. The first-order valence-electron chi connectivity index (χ1n) is 13.6. The van der Waals surface area contributed by atoms with Crippen LogP contribution in [0.2, 0.25) is 0 Å². The summed E-state index contributed by atoms with van der Waals surface area (Å²) in [5, 5.41) is 23.2. The summed E-state index contributed by atoms with van der Waals surface area (Å²) in [6.07, 6.45) is 13.5. The molecule has 192 valence electrons. The van der Waals surface area contributed by atoms with E-state index in [1.807, 2.05) is 13.0 Å². The fourth-order valence-electron chi connectivity index (χ4n) is 8.75. The number of ether oxygens (including phenoxy) is 1. The van der Waals surface area contributed by atoms with E-state index in [2.05, 4.69) is 6.92 Å². The van der Waals surface area contributed by atoms with Crippen molar-refractivity contribution < 1.29 is 29.3 Å². The van der Waals surface area contributed by atoms with Gasteiger partial charge in [-0.2, -0.15) is 0 Å². The van der Waals surface area contributed by atoms with Crippen molar-refractivity contribution in [1.82, 2.24) is 0 Å². The zero-order valence-corrected chi connectivity index (χ0v) is 21.1. The van der Waals surface area contributed by atoms with Gasteiger partial charge in [-0.15, -0.1) is 0 Å². The van der Waals surface area contributed by atoms with Crippen LogP contribution in [-0.4, -0.2) is 46.1 Å². The van der Waals surface area contributed by atoms with Crippen molar-refractivity contribution in [1.29, 1.82) is 0 Å². The summed E-state index contributed by atoms with van der Waals surface area (Å²) >= 11 is 0. The Morgan fingerprint density at radius 1 is 1.14 bits per heavy atom. The highest BCUT2D eigenvalue weighted by Crippen LogP contribution is 2.67. The summed E-state index contributed by atoms with van der Waals surface area (Å²) in [6.45, 7) is 3.65. The van der Waals surface area contributed by atoms with Crippen LogP contribution in [0.3, 0.4) is 0 Å². The number of carbonyl (C=O) groups is 3. The first-order chi connectivity index (χ1) is 16.6. The molecular weight excluding hydrogens is 444 g/mol. The van der Waals surface area contributed by atoms with Gasteiger partial charge in [-0.3, -0.25) is 14.4 Å². The highest BCUT2D eigenvalue weighted by atomic mass is 16.5. The standard InChI is InChI=1S/C29H40O6/c1-27-13-11-20(30)15-19(27)8-9-21-22-12-14-29(34,28(22,2)16-23(31)26(21)27)24(32)17-35-25(33)10-7-18-5-3-4-6-18/h11,13,15,18,21-23,26,31,34H,3-10,12,14,16-17H2,1-2H3/t21-,22-,23-,26+,27-,28-,29-/m0/s1. The molecule has 5 aliphatic rings. The van der Waals surface area contributed by atoms with Crippen molar-refractivity contribution in [2.45, 2.75) is 96.2 Å². The second-order valence-electron chi connectivity index (χ2n) is 12.4. The van der Waals surface area contributed by atoms with Crippen molar-refractivity contribution in [3.8, 4) is 0 Å². The second-order valence-corrected chi connectivity index (χ2v) is 12.4. The zero-order chi connectivity index (χ0) is 25.0. The van der Waals surface area contributed by atoms with Crippen LogP contribution in [0.5, 0.6) is 0 Å². The molecule has 5 aliphatic carbocycles. The molecular formula is C29H40O6. The minimum atomic E-state index is -1.61. The van der Waals surface area contributed by atoms with Crippen molar-refractivity contribution in [2.75, 3.05) is 6.61 Å². The van der Waals surface area contributed by atoms with Gasteiger partial charge in [-0.05, 0) is 68.4 Å². The quantitative estimate of drug-likeness (QED) is 0.551. The Morgan fingerprint density at radius 3 is 2.63 bits per heavy atom. The van der Waals surface area contributed by atoms with Gasteiger partial charge >= 0.3 is 5.97 Å². The molecule has 0 saturated heterocycles. The number of carbonyl (C=O) groups excluding carboxylic acids is 3. The molecule has 0 heterocycles. The van der Waals surface area contributed by atoms with Crippen LogP contribution in [-0.2, 0) is 19.1 Å². The maximum absolute atomic E-state index is 13.3. The molecule has 4 saturated carbocycles. The Labute approximate surface area is 208 Å². The lowest BCUT2D eigenvalue weighted by atomic mass is 9.46. The first-order valence-corrected chi connectivity index (χ1v) is 13.6. The summed E-state index contributed by atoms with van der Waals surface area (Å²) in [4.78, 5) is 37.6. The third-order valence-corrected chi connectivity index (χ3v) is 10.7. The minimum Gasteiger partial charge on any atom is -0.458 e. The highest BCUT2D eigenvalue weighted by molar-refractivity contribution is 6.01. The van der Waals surface area contributed by atoms with E-state index in [0.29, 0.717) is 31.6 Å². The number of aliphatic hydroxyl groups excluding tert-OH is 1. The molecule has 0 spiro atoms. The van der Waals surface area contributed by atoms with Gasteiger partial charge in [-0.1, -0.05) is 51.2 Å². The van der Waals surface area contributed by atoms with E-state index in [1.165, 1.54) is 25.7 Å². The Bertz CT molecular complexity index is 960. The van der Waals surface area contributed by atoms with Crippen LogP contribution in [0.4, 0.5) is 0 Å². The van der Waals surface area contributed by atoms with Gasteiger partial charge in [0.15, 0.2) is 12.4 Å². The van der Waals surface area contributed by atoms with Crippen LogP contribution in [0.25, 0.3) is 0 Å².